The van der Waals surface area contributed by atoms with Gasteiger partial charge < -0.3 is 15.0 Å². The summed E-state index contributed by atoms with van der Waals surface area (Å²) in [5, 5.41) is 3.61. The van der Waals surface area contributed by atoms with E-state index in [0.29, 0.717) is 17.4 Å². The number of carbonyl (C=O) groups is 2. The fourth-order valence-electron chi connectivity index (χ4n) is 5.27. The third-order valence-electron chi connectivity index (χ3n) is 7.68. The molecule has 1 saturated carbocycles. The summed E-state index contributed by atoms with van der Waals surface area (Å²) >= 11 is 6.24. The molecule has 1 atom stereocenters. The molecule has 0 radical (unpaired) electrons. The molecule has 0 aromatic heterocycles. The molecule has 1 aliphatic carbocycles. The van der Waals surface area contributed by atoms with E-state index < -0.39 is 28.5 Å². The van der Waals surface area contributed by atoms with Crippen molar-refractivity contribution in [2.24, 2.45) is 0 Å². The maximum atomic E-state index is 14.2. The van der Waals surface area contributed by atoms with Gasteiger partial charge in [-0.1, -0.05) is 72.8 Å². The van der Waals surface area contributed by atoms with Gasteiger partial charge in [-0.15, -0.1) is 0 Å². The Labute approximate surface area is 260 Å². The van der Waals surface area contributed by atoms with Crippen LogP contribution in [0.1, 0.15) is 57.1 Å². The van der Waals surface area contributed by atoms with Gasteiger partial charge in [-0.25, -0.2) is 8.42 Å². The summed E-state index contributed by atoms with van der Waals surface area (Å²) in [6, 6.07) is 19.5. The largest absolute Gasteiger partial charge is 0.492 e. The molecule has 1 aliphatic rings. The van der Waals surface area contributed by atoms with E-state index in [9.17, 15) is 18.0 Å². The first-order valence-corrected chi connectivity index (χ1v) is 16.6. The summed E-state index contributed by atoms with van der Waals surface area (Å²) in [6.45, 7) is 5.19. The molecule has 43 heavy (non-hydrogen) atoms. The quantitative estimate of drug-likeness (QED) is 0.262. The lowest BCUT2D eigenvalue weighted by molar-refractivity contribution is -0.139. The Kier molecular flexibility index (Phi) is 11.1. The highest BCUT2D eigenvalue weighted by Gasteiger charge is 2.34. The smallest absolute Gasteiger partial charge is 0.264 e. The average molecular weight is 626 g/mol. The Balaban J connectivity index is 1.72. The van der Waals surface area contributed by atoms with Crippen molar-refractivity contribution in [1.29, 1.82) is 0 Å². The Morgan fingerprint density at radius 1 is 1.00 bits per heavy atom. The lowest BCUT2D eigenvalue weighted by atomic mass is 9.95. The molecule has 0 spiro atoms. The van der Waals surface area contributed by atoms with Crippen LogP contribution in [0.4, 0.5) is 5.69 Å². The zero-order valence-electron chi connectivity index (χ0n) is 25.0. The first-order valence-electron chi connectivity index (χ1n) is 14.8. The van der Waals surface area contributed by atoms with E-state index in [2.05, 4.69) is 5.32 Å². The number of para-hydroxylation sites is 2. The zero-order chi connectivity index (χ0) is 31.0. The number of sulfonamides is 1. The van der Waals surface area contributed by atoms with Crippen molar-refractivity contribution >= 4 is 39.1 Å². The molecule has 1 unspecified atom stereocenters. The van der Waals surface area contributed by atoms with E-state index >= 15 is 0 Å². The molecule has 0 saturated heterocycles. The van der Waals surface area contributed by atoms with Crippen molar-refractivity contribution in [3.8, 4) is 5.75 Å². The average Bonchev–Trinajstić information content (AvgIpc) is 2.99. The Morgan fingerprint density at radius 2 is 1.70 bits per heavy atom. The molecular weight excluding hydrogens is 586 g/mol. The monoisotopic (exact) mass is 625 g/mol. The Bertz CT molecular complexity index is 1510. The van der Waals surface area contributed by atoms with Gasteiger partial charge in [0.05, 0.1) is 17.2 Å². The van der Waals surface area contributed by atoms with Gasteiger partial charge in [-0.2, -0.15) is 0 Å². The summed E-state index contributed by atoms with van der Waals surface area (Å²) in [5.41, 5.74) is 1.86. The molecule has 4 rings (SSSR count). The number of ether oxygens (including phenoxy) is 1. The molecule has 0 bridgehead atoms. The Morgan fingerprint density at radius 3 is 2.37 bits per heavy atom. The van der Waals surface area contributed by atoms with Crippen LogP contribution < -0.4 is 14.4 Å². The number of carbonyl (C=O) groups excluding carboxylic acids is 2. The summed E-state index contributed by atoms with van der Waals surface area (Å²) in [5.74, 6) is -0.476. The van der Waals surface area contributed by atoms with E-state index in [-0.39, 0.29) is 29.1 Å². The number of anilines is 1. The number of rotatable bonds is 12. The first kappa shape index (κ1) is 32.4. The van der Waals surface area contributed by atoms with E-state index in [1.807, 2.05) is 13.0 Å². The predicted molar refractivity (Wildman–Crippen MR) is 170 cm³/mol. The van der Waals surface area contributed by atoms with Crippen LogP contribution in [0.3, 0.4) is 0 Å². The van der Waals surface area contributed by atoms with E-state index in [0.717, 1.165) is 47.5 Å². The van der Waals surface area contributed by atoms with Crippen molar-refractivity contribution in [3.05, 3.63) is 88.9 Å². The minimum absolute atomic E-state index is 0.0432. The van der Waals surface area contributed by atoms with Crippen molar-refractivity contribution in [2.45, 2.75) is 76.4 Å². The molecule has 0 aliphatic heterocycles. The number of halogens is 1. The number of nitrogens with zero attached hydrogens (tertiary/aromatic N) is 2. The van der Waals surface area contributed by atoms with Crippen molar-refractivity contribution in [2.75, 3.05) is 17.5 Å². The van der Waals surface area contributed by atoms with Crippen LogP contribution in [-0.4, -0.2) is 50.4 Å². The van der Waals surface area contributed by atoms with Gasteiger partial charge in [-0.3, -0.25) is 13.9 Å². The van der Waals surface area contributed by atoms with Crippen molar-refractivity contribution < 1.29 is 22.7 Å². The molecule has 1 N–H and O–H groups in total. The number of aryl methyl sites for hydroxylation is 1. The molecule has 3 aromatic carbocycles. The number of nitrogens with one attached hydrogen (secondary N) is 1. The SMILES string of the molecule is CCOc1ccccc1N(CC(=O)N(Cc1cccc(Cl)c1)C(C)C(=O)NC1CCCCC1)S(=O)(=O)c1ccc(C)cc1. The standard InChI is InChI=1S/C33H40ClN3O5S/c1-4-42-31-16-9-8-15-30(31)37(43(40,41)29-19-17-24(2)18-20-29)23-32(38)36(22-26-11-10-12-27(34)21-26)25(3)33(39)35-28-13-6-5-7-14-28/h8-12,15-21,25,28H,4-7,13-14,22-23H2,1-3H3,(H,35,39). The summed E-state index contributed by atoms with van der Waals surface area (Å²) in [6.07, 6.45) is 5.05. The van der Waals surface area contributed by atoms with E-state index in [1.165, 1.54) is 17.0 Å². The van der Waals surface area contributed by atoms with Gasteiger partial charge in [0.2, 0.25) is 11.8 Å². The molecule has 10 heteroatoms. The molecular formula is C33H40ClN3O5S. The van der Waals surface area contributed by atoms with Crippen molar-refractivity contribution in [3.63, 3.8) is 0 Å². The molecule has 230 valence electrons. The topological polar surface area (TPSA) is 96.0 Å². The minimum atomic E-state index is -4.20. The second-order valence-corrected chi connectivity index (χ2v) is 13.2. The molecule has 1 fully saturated rings. The normalized spacial score (nSPS) is 14.5. The molecule has 3 aromatic rings. The predicted octanol–water partition coefficient (Wildman–Crippen LogP) is 6.11. The second kappa shape index (κ2) is 14.8. The van der Waals surface area contributed by atoms with Crippen LogP contribution in [0.2, 0.25) is 5.02 Å². The molecule has 8 nitrogen and oxygen atoms in total. The first-order chi connectivity index (χ1) is 20.6. The third kappa shape index (κ3) is 8.30. The highest BCUT2D eigenvalue weighted by Crippen LogP contribution is 2.33. The minimum Gasteiger partial charge on any atom is -0.492 e. The Hall–Kier alpha value is -3.56. The van der Waals surface area contributed by atoms with Crippen LogP contribution >= 0.6 is 11.6 Å². The summed E-state index contributed by atoms with van der Waals surface area (Å²) in [4.78, 5) is 29.2. The molecule has 2 amide bonds. The molecule has 0 heterocycles. The highest BCUT2D eigenvalue weighted by molar-refractivity contribution is 7.92. The lowest BCUT2D eigenvalue weighted by Gasteiger charge is -2.33. The number of amides is 2. The summed E-state index contributed by atoms with van der Waals surface area (Å²) < 4.78 is 35.1. The van der Waals surface area contributed by atoms with Crippen LogP contribution in [0.15, 0.2) is 77.7 Å². The number of benzene rings is 3. The van der Waals surface area contributed by atoms with Gasteiger partial charge in [0, 0.05) is 17.6 Å². The summed E-state index contributed by atoms with van der Waals surface area (Å²) in [7, 11) is -4.20. The van der Waals surface area contributed by atoms with Gasteiger partial charge in [0.15, 0.2) is 0 Å². The fourth-order valence-corrected chi connectivity index (χ4v) is 6.91. The maximum Gasteiger partial charge on any atom is 0.264 e. The van der Waals surface area contributed by atoms with Crippen LogP contribution in [0, 0.1) is 6.92 Å². The number of hydrogen-bond acceptors (Lipinski definition) is 5. The van der Waals surface area contributed by atoms with Crippen LogP contribution in [-0.2, 0) is 26.2 Å². The van der Waals surface area contributed by atoms with Gasteiger partial charge in [0.25, 0.3) is 10.0 Å². The lowest BCUT2D eigenvalue weighted by Crippen LogP contribution is -2.53. The van der Waals surface area contributed by atoms with E-state index in [1.54, 1.807) is 68.4 Å². The van der Waals surface area contributed by atoms with Crippen LogP contribution in [0.25, 0.3) is 0 Å². The zero-order valence-corrected chi connectivity index (χ0v) is 26.5. The van der Waals surface area contributed by atoms with Crippen molar-refractivity contribution in [1.82, 2.24) is 10.2 Å². The van der Waals surface area contributed by atoms with Gasteiger partial charge in [-0.05, 0) is 75.6 Å². The van der Waals surface area contributed by atoms with Gasteiger partial charge in [0.1, 0.15) is 18.3 Å². The third-order valence-corrected chi connectivity index (χ3v) is 9.69. The fraction of sp³-hybridized carbons (Fsp3) is 0.394. The van der Waals surface area contributed by atoms with Crippen LogP contribution in [0.5, 0.6) is 5.75 Å². The van der Waals surface area contributed by atoms with E-state index in [4.69, 9.17) is 16.3 Å². The maximum absolute atomic E-state index is 14.2. The number of hydrogen-bond donors (Lipinski definition) is 1. The van der Waals surface area contributed by atoms with Gasteiger partial charge >= 0.3 is 0 Å². The highest BCUT2D eigenvalue weighted by atomic mass is 35.5. The second-order valence-electron chi connectivity index (χ2n) is 10.9.